The van der Waals surface area contributed by atoms with Crippen LogP contribution in [0.1, 0.15) is 12.0 Å². The van der Waals surface area contributed by atoms with Gasteiger partial charge in [0.05, 0.1) is 30.6 Å². The first-order valence-electron chi connectivity index (χ1n) is 7.92. The van der Waals surface area contributed by atoms with Gasteiger partial charge in [-0.15, -0.1) is 0 Å². The lowest BCUT2D eigenvalue weighted by molar-refractivity contribution is -0.135. The van der Waals surface area contributed by atoms with Crippen LogP contribution in [0, 0.1) is 0 Å². The molecule has 0 fully saturated rings. The molecule has 0 saturated heterocycles. The Balaban J connectivity index is 2.01. The minimum Gasteiger partial charge on any atom is -0.493 e. The molecule has 0 amide bonds. The molecular formula is C18H15BrN2O5. The number of methoxy groups -OCH3 is 2. The number of carbonyl (C=O) groups excluding carboxylic acids is 1. The summed E-state index contributed by atoms with van der Waals surface area (Å²) in [5.41, 5.74) is 3.19. The van der Waals surface area contributed by atoms with E-state index in [0.29, 0.717) is 41.1 Å². The maximum atomic E-state index is 11.9. The van der Waals surface area contributed by atoms with Crippen LogP contribution in [0.5, 0.6) is 17.2 Å². The number of aryl methyl sites for hydroxylation is 1. The molecule has 2 aromatic carbocycles. The summed E-state index contributed by atoms with van der Waals surface area (Å²) in [5.74, 6) is 1.26. The lowest BCUT2D eigenvalue weighted by atomic mass is 9.96. The third kappa shape index (κ3) is 2.57. The van der Waals surface area contributed by atoms with Gasteiger partial charge in [0.15, 0.2) is 17.2 Å². The maximum absolute atomic E-state index is 11.9. The molecule has 1 aliphatic rings. The molecule has 8 heteroatoms. The summed E-state index contributed by atoms with van der Waals surface area (Å²) in [5, 5.41) is 0. The number of rotatable bonds is 3. The zero-order valence-corrected chi connectivity index (χ0v) is 15.7. The van der Waals surface area contributed by atoms with Crippen LogP contribution >= 0.6 is 15.9 Å². The first-order valence-corrected chi connectivity index (χ1v) is 8.71. The first-order chi connectivity index (χ1) is 12.5. The van der Waals surface area contributed by atoms with Gasteiger partial charge < -0.3 is 24.2 Å². The van der Waals surface area contributed by atoms with Crippen LogP contribution in [-0.2, 0) is 11.2 Å². The Morgan fingerprint density at radius 3 is 2.54 bits per heavy atom. The molecule has 0 saturated carbocycles. The minimum atomic E-state index is -0.365. The molecule has 134 valence electrons. The van der Waals surface area contributed by atoms with Crippen LogP contribution in [0.3, 0.4) is 0 Å². The van der Waals surface area contributed by atoms with E-state index in [0.717, 1.165) is 21.2 Å². The molecule has 0 unspecified atom stereocenters. The second-order valence-corrected chi connectivity index (χ2v) is 6.76. The molecule has 1 aliphatic heterocycles. The number of aromatic nitrogens is 2. The number of H-pyrrole nitrogens is 2. The van der Waals surface area contributed by atoms with Gasteiger partial charge in [0, 0.05) is 5.56 Å². The number of nitrogens with one attached hydrogen (secondary N) is 2. The van der Waals surface area contributed by atoms with Crippen molar-refractivity contribution in [3.8, 4) is 28.4 Å². The predicted molar refractivity (Wildman–Crippen MR) is 99.1 cm³/mol. The molecule has 4 rings (SSSR count). The number of hydrogen-bond donors (Lipinski definition) is 2. The van der Waals surface area contributed by atoms with E-state index in [1.165, 1.54) is 0 Å². The number of aromatic amines is 2. The molecule has 7 nitrogen and oxygen atoms in total. The zero-order chi connectivity index (χ0) is 18.4. The van der Waals surface area contributed by atoms with Crippen molar-refractivity contribution in [2.24, 2.45) is 0 Å². The summed E-state index contributed by atoms with van der Waals surface area (Å²) in [6.45, 7) is 0. The normalized spacial score (nSPS) is 13.4. The van der Waals surface area contributed by atoms with E-state index in [-0.39, 0.29) is 11.7 Å². The lowest BCUT2D eigenvalue weighted by Crippen LogP contribution is -2.16. The van der Waals surface area contributed by atoms with Gasteiger partial charge in [-0.1, -0.05) is 0 Å². The Kier molecular flexibility index (Phi) is 3.99. The molecule has 3 aromatic rings. The van der Waals surface area contributed by atoms with Gasteiger partial charge in [-0.25, -0.2) is 4.79 Å². The monoisotopic (exact) mass is 418 g/mol. The van der Waals surface area contributed by atoms with E-state index in [1.54, 1.807) is 14.2 Å². The van der Waals surface area contributed by atoms with E-state index in [2.05, 4.69) is 25.9 Å². The van der Waals surface area contributed by atoms with Crippen molar-refractivity contribution in [3.63, 3.8) is 0 Å². The molecule has 0 radical (unpaired) electrons. The van der Waals surface area contributed by atoms with Crippen LogP contribution in [0.4, 0.5) is 0 Å². The summed E-state index contributed by atoms with van der Waals surface area (Å²) in [7, 11) is 3.13. The summed E-state index contributed by atoms with van der Waals surface area (Å²) in [6.07, 6.45) is 0.862. The Bertz CT molecular complexity index is 1100. The molecule has 0 spiro atoms. The van der Waals surface area contributed by atoms with E-state index in [1.807, 2.05) is 18.2 Å². The van der Waals surface area contributed by atoms with E-state index in [9.17, 15) is 9.59 Å². The molecule has 0 atom stereocenters. The third-order valence-corrected chi connectivity index (χ3v) is 4.98. The summed E-state index contributed by atoms with van der Waals surface area (Å²) in [6, 6.07) is 5.66. The standard InChI is InChI=1S/C18H15BrN2O5/c1-24-12-7-9(6-11(19)17(12)25-2)10-5-8-3-4-13(22)26-16(8)15-14(10)20-18(23)21-15/h5-7H,3-4H2,1-2H3,(H2,20,21,23). The molecule has 0 bridgehead atoms. The van der Waals surface area contributed by atoms with Crippen LogP contribution < -0.4 is 19.9 Å². The van der Waals surface area contributed by atoms with E-state index >= 15 is 0 Å². The minimum absolute atomic E-state index is 0.303. The average Bonchev–Trinajstić information content (AvgIpc) is 3.02. The number of hydrogen-bond acceptors (Lipinski definition) is 5. The highest BCUT2D eigenvalue weighted by Gasteiger charge is 2.24. The Morgan fingerprint density at radius 2 is 1.81 bits per heavy atom. The number of imidazole rings is 1. The number of fused-ring (bicyclic) bond motifs is 3. The van der Waals surface area contributed by atoms with Gasteiger partial charge in [0.1, 0.15) is 5.52 Å². The van der Waals surface area contributed by atoms with E-state index < -0.39 is 0 Å². The quantitative estimate of drug-likeness (QED) is 0.503. The Morgan fingerprint density at radius 1 is 1.04 bits per heavy atom. The van der Waals surface area contributed by atoms with Crippen molar-refractivity contribution in [2.75, 3.05) is 14.2 Å². The Labute approximate surface area is 156 Å². The topological polar surface area (TPSA) is 93.4 Å². The second kappa shape index (κ2) is 6.21. The van der Waals surface area contributed by atoms with Crippen molar-refractivity contribution in [1.29, 1.82) is 0 Å². The smallest absolute Gasteiger partial charge is 0.323 e. The van der Waals surface area contributed by atoms with Crippen molar-refractivity contribution < 1.29 is 19.0 Å². The summed E-state index contributed by atoms with van der Waals surface area (Å²) >= 11 is 3.49. The second-order valence-electron chi connectivity index (χ2n) is 5.91. The predicted octanol–water partition coefficient (Wildman–Crippen LogP) is 3.15. The highest BCUT2D eigenvalue weighted by molar-refractivity contribution is 9.10. The van der Waals surface area contributed by atoms with Gasteiger partial charge >= 0.3 is 11.7 Å². The SMILES string of the molecule is COc1cc(-c2cc3c(c4[nH]c(=O)[nH]c24)OC(=O)CC3)cc(Br)c1OC. The molecule has 2 heterocycles. The fraction of sp³-hybridized carbons (Fsp3) is 0.222. The number of carbonyl (C=O) groups is 1. The lowest BCUT2D eigenvalue weighted by Gasteiger charge is -2.18. The van der Waals surface area contributed by atoms with Gasteiger partial charge in [-0.05, 0) is 51.7 Å². The largest absolute Gasteiger partial charge is 0.493 e. The third-order valence-electron chi connectivity index (χ3n) is 4.39. The number of benzene rings is 2. The van der Waals surface area contributed by atoms with Crippen LogP contribution in [0.25, 0.3) is 22.2 Å². The van der Waals surface area contributed by atoms with Gasteiger partial charge in [0.2, 0.25) is 0 Å². The maximum Gasteiger partial charge on any atom is 0.323 e. The van der Waals surface area contributed by atoms with E-state index in [4.69, 9.17) is 14.2 Å². The molecule has 26 heavy (non-hydrogen) atoms. The van der Waals surface area contributed by atoms with Crippen molar-refractivity contribution in [2.45, 2.75) is 12.8 Å². The van der Waals surface area contributed by atoms with Crippen LogP contribution in [-0.4, -0.2) is 30.2 Å². The molecule has 1 aromatic heterocycles. The van der Waals surface area contributed by atoms with Crippen molar-refractivity contribution in [1.82, 2.24) is 9.97 Å². The molecule has 0 aliphatic carbocycles. The summed E-state index contributed by atoms with van der Waals surface area (Å²) in [4.78, 5) is 29.1. The fourth-order valence-corrected chi connectivity index (χ4v) is 3.84. The Hall–Kier alpha value is -2.74. The van der Waals surface area contributed by atoms with Crippen LogP contribution in [0.15, 0.2) is 27.5 Å². The molecular weight excluding hydrogens is 404 g/mol. The first kappa shape index (κ1) is 16.7. The van der Waals surface area contributed by atoms with Gasteiger partial charge in [-0.2, -0.15) is 0 Å². The zero-order valence-electron chi connectivity index (χ0n) is 14.1. The van der Waals surface area contributed by atoms with Gasteiger partial charge in [-0.3, -0.25) is 4.79 Å². The van der Waals surface area contributed by atoms with Gasteiger partial charge in [0.25, 0.3) is 0 Å². The highest BCUT2D eigenvalue weighted by Crippen LogP contribution is 2.43. The number of halogens is 1. The molecule has 2 N–H and O–H groups in total. The number of esters is 1. The fourth-order valence-electron chi connectivity index (χ4n) is 3.23. The average molecular weight is 419 g/mol. The number of ether oxygens (including phenoxy) is 3. The van der Waals surface area contributed by atoms with Crippen LogP contribution in [0.2, 0.25) is 0 Å². The highest BCUT2D eigenvalue weighted by atomic mass is 79.9. The van der Waals surface area contributed by atoms with Crippen molar-refractivity contribution >= 4 is 32.9 Å². The summed E-state index contributed by atoms with van der Waals surface area (Å²) < 4.78 is 16.9. The van der Waals surface area contributed by atoms with Crippen molar-refractivity contribution in [3.05, 3.63) is 38.7 Å².